The van der Waals surface area contributed by atoms with Gasteiger partial charge in [0.15, 0.2) is 5.01 Å². The minimum absolute atomic E-state index is 0.119. The quantitative estimate of drug-likeness (QED) is 0.309. The number of hydrogen-bond donors (Lipinski definition) is 3. The van der Waals surface area contributed by atoms with Crippen molar-refractivity contribution >= 4 is 49.6 Å². The van der Waals surface area contributed by atoms with Crippen molar-refractivity contribution in [3.05, 3.63) is 88.9 Å². The summed E-state index contributed by atoms with van der Waals surface area (Å²) in [5.41, 5.74) is 0.658. The number of nitrogens with zero attached hydrogens (tertiary/aromatic N) is 1. The van der Waals surface area contributed by atoms with Gasteiger partial charge < -0.3 is 10.6 Å². The monoisotopic (exact) mass is 536 g/mol. The number of amides is 2. The van der Waals surface area contributed by atoms with Gasteiger partial charge in [0.1, 0.15) is 6.04 Å². The zero-order valence-electron chi connectivity index (χ0n) is 20.7. The van der Waals surface area contributed by atoms with E-state index in [0.29, 0.717) is 16.5 Å². The molecule has 0 spiro atoms. The maximum atomic E-state index is 13.5. The highest BCUT2D eigenvalue weighted by molar-refractivity contribution is 7.89. The van der Waals surface area contributed by atoms with Crippen LogP contribution in [0.2, 0.25) is 0 Å². The highest BCUT2D eigenvalue weighted by Crippen LogP contribution is 2.29. The molecule has 3 N–H and O–H groups in total. The molecule has 0 unspecified atom stereocenters. The Morgan fingerprint density at radius 1 is 0.946 bits per heavy atom. The Hall–Kier alpha value is -3.60. The number of rotatable bonds is 8. The summed E-state index contributed by atoms with van der Waals surface area (Å²) in [6.07, 6.45) is 1.80. The first kappa shape index (κ1) is 26.5. The summed E-state index contributed by atoms with van der Waals surface area (Å²) in [5, 5.41) is 8.68. The molecular weight excluding hydrogens is 508 g/mol. The minimum Gasteiger partial charge on any atom is -0.338 e. The summed E-state index contributed by atoms with van der Waals surface area (Å²) in [6, 6.07) is 18.5. The molecule has 37 heavy (non-hydrogen) atoms. The zero-order chi connectivity index (χ0) is 26.6. The second kappa shape index (κ2) is 10.8. The molecule has 10 heteroatoms. The second-order valence-electron chi connectivity index (χ2n) is 9.55. The van der Waals surface area contributed by atoms with Gasteiger partial charge in [0, 0.05) is 40.0 Å². The molecular formula is C27H28N4O4S2. The summed E-state index contributed by atoms with van der Waals surface area (Å²) in [5.74, 6) is -0.868. The van der Waals surface area contributed by atoms with Crippen molar-refractivity contribution in [2.75, 3.05) is 5.32 Å². The molecule has 0 aliphatic carbocycles. The number of aromatic nitrogens is 1. The molecule has 0 fully saturated rings. The number of carbonyl (C=O) groups is 2. The van der Waals surface area contributed by atoms with E-state index in [2.05, 4.69) is 20.3 Å². The van der Waals surface area contributed by atoms with Crippen LogP contribution >= 0.6 is 11.3 Å². The number of fused-ring (bicyclic) bond motifs is 1. The third-order valence-corrected chi connectivity index (χ3v) is 7.99. The molecule has 1 aromatic heterocycles. The molecule has 8 nitrogen and oxygen atoms in total. The van der Waals surface area contributed by atoms with Crippen LogP contribution in [0.5, 0.6) is 0 Å². The van der Waals surface area contributed by atoms with Crippen LogP contribution in [0.25, 0.3) is 10.8 Å². The summed E-state index contributed by atoms with van der Waals surface area (Å²) >= 11 is 1.19. The Balaban J connectivity index is 1.65. The van der Waals surface area contributed by atoms with E-state index in [1.807, 2.05) is 30.3 Å². The maximum absolute atomic E-state index is 13.5. The molecule has 1 heterocycles. The van der Waals surface area contributed by atoms with Gasteiger partial charge in [-0.25, -0.2) is 18.1 Å². The molecule has 0 radical (unpaired) electrons. The topological polar surface area (TPSA) is 117 Å². The van der Waals surface area contributed by atoms with Crippen molar-refractivity contribution in [3.63, 3.8) is 0 Å². The number of hydrogen-bond acceptors (Lipinski definition) is 6. The second-order valence-corrected chi connectivity index (χ2v) is 12.1. The van der Waals surface area contributed by atoms with Crippen LogP contribution in [0, 0.1) is 0 Å². The number of nitrogens with one attached hydrogen (secondary N) is 3. The van der Waals surface area contributed by atoms with Crippen LogP contribution in [-0.4, -0.2) is 36.8 Å². The number of carbonyl (C=O) groups excluding carboxylic acids is 2. The van der Waals surface area contributed by atoms with Crippen molar-refractivity contribution in [2.45, 2.75) is 43.7 Å². The van der Waals surface area contributed by atoms with E-state index in [9.17, 15) is 18.0 Å². The molecule has 4 aromatic rings. The summed E-state index contributed by atoms with van der Waals surface area (Å²) in [6.45, 7) is 5.32. The standard InChI is InChI=1S/C27H28N4O4S2/c1-27(2,3)31-37(34,35)23-14-8-11-19-20(23)12-7-13-21(19)29-24(32)22(17-18-9-5-4-6-10-18)30-25(33)26-28-15-16-36-26/h4-16,22,31H,17H2,1-3H3,(H,29,32)(H,30,33)/t22-/m0/s1. The maximum Gasteiger partial charge on any atom is 0.280 e. The predicted molar refractivity (Wildman–Crippen MR) is 146 cm³/mol. The fourth-order valence-electron chi connectivity index (χ4n) is 3.92. The van der Waals surface area contributed by atoms with Gasteiger partial charge in [-0.1, -0.05) is 54.6 Å². The normalized spacial score (nSPS) is 12.7. The molecule has 4 rings (SSSR count). The van der Waals surface area contributed by atoms with Crippen LogP contribution < -0.4 is 15.4 Å². The molecule has 0 bridgehead atoms. The minimum atomic E-state index is -3.81. The zero-order valence-corrected chi connectivity index (χ0v) is 22.3. The van der Waals surface area contributed by atoms with Gasteiger partial charge in [0.25, 0.3) is 5.91 Å². The molecule has 3 aromatic carbocycles. The van der Waals surface area contributed by atoms with Gasteiger partial charge in [0.05, 0.1) is 4.90 Å². The van der Waals surface area contributed by atoms with E-state index in [4.69, 9.17) is 0 Å². The first-order valence-electron chi connectivity index (χ1n) is 11.6. The van der Waals surface area contributed by atoms with E-state index in [1.165, 1.54) is 23.6 Å². The predicted octanol–water partition coefficient (Wildman–Crippen LogP) is 4.35. The van der Waals surface area contributed by atoms with Crippen molar-refractivity contribution in [3.8, 4) is 0 Å². The molecule has 0 saturated carbocycles. The van der Waals surface area contributed by atoms with Crippen molar-refractivity contribution < 1.29 is 18.0 Å². The van der Waals surface area contributed by atoms with Crippen molar-refractivity contribution in [2.24, 2.45) is 0 Å². The molecule has 0 aliphatic heterocycles. The number of benzene rings is 3. The number of anilines is 1. The lowest BCUT2D eigenvalue weighted by Crippen LogP contribution is -2.45. The van der Waals surface area contributed by atoms with E-state index in [0.717, 1.165) is 5.56 Å². The number of sulfonamides is 1. The Morgan fingerprint density at radius 3 is 2.32 bits per heavy atom. The van der Waals surface area contributed by atoms with Crippen LogP contribution in [0.4, 0.5) is 5.69 Å². The lowest BCUT2D eigenvalue weighted by atomic mass is 10.0. The van der Waals surface area contributed by atoms with Gasteiger partial charge in [-0.15, -0.1) is 11.3 Å². The number of thiazole rings is 1. The third-order valence-electron chi connectivity index (χ3n) is 5.40. The fraction of sp³-hybridized carbons (Fsp3) is 0.222. The Morgan fingerprint density at radius 2 is 1.65 bits per heavy atom. The smallest absolute Gasteiger partial charge is 0.280 e. The van der Waals surface area contributed by atoms with Crippen LogP contribution in [0.1, 0.15) is 36.1 Å². The summed E-state index contributed by atoms with van der Waals surface area (Å²) in [7, 11) is -3.81. The average Bonchev–Trinajstić information content (AvgIpc) is 3.38. The summed E-state index contributed by atoms with van der Waals surface area (Å²) in [4.78, 5) is 30.3. The van der Waals surface area contributed by atoms with Crippen molar-refractivity contribution in [1.29, 1.82) is 0 Å². The molecule has 2 amide bonds. The fourth-order valence-corrected chi connectivity index (χ4v) is 6.10. The Labute approximate surface area is 220 Å². The lowest BCUT2D eigenvalue weighted by molar-refractivity contribution is -0.118. The van der Waals surface area contributed by atoms with Gasteiger partial charge in [-0.2, -0.15) is 0 Å². The SMILES string of the molecule is CC(C)(C)NS(=O)(=O)c1cccc2c(NC(=O)[C@H](Cc3ccccc3)NC(=O)c3nccs3)cccc12. The van der Waals surface area contributed by atoms with Gasteiger partial charge in [0.2, 0.25) is 15.9 Å². The Kier molecular flexibility index (Phi) is 7.72. The van der Waals surface area contributed by atoms with E-state index in [1.54, 1.807) is 56.5 Å². The first-order chi connectivity index (χ1) is 17.5. The molecule has 0 aliphatic rings. The van der Waals surface area contributed by atoms with Crippen LogP contribution in [0.15, 0.2) is 83.2 Å². The van der Waals surface area contributed by atoms with Gasteiger partial charge in [-0.3, -0.25) is 9.59 Å². The lowest BCUT2D eigenvalue weighted by Gasteiger charge is -2.22. The summed E-state index contributed by atoms with van der Waals surface area (Å²) < 4.78 is 28.9. The Bertz CT molecular complexity index is 1510. The van der Waals surface area contributed by atoms with Crippen molar-refractivity contribution in [1.82, 2.24) is 15.0 Å². The average molecular weight is 537 g/mol. The molecule has 0 saturated heterocycles. The van der Waals surface area contributed by atoms with Crippen LogP contribution in [0.3, 0.4) is 0 Å². The van der Waals surface area contributed by atoms with E-state index >= 15 is 0 Å². The highest BCUT2D eigenvalue weighted by Gasteiger charge is 2.26. The molecule has 192 valence electrons. The third kappa shape index (κ3) is 6.59. The van der Waals surface area contributed by atoms with Crippen LogP contribution in [-0.2, 0) is 21.2 Å². The first-order valence-corrected chi connectivity index (χ1v) is 14.0. The van der Waals surface area contributed by atoms with Gasteiger partial charge >= 0.3 is 0 Å². The molecule has 1 atom stereocenters. The largest absolute Gasteiger partial charge is 0.338 e. The van der Waals surface area contributed by atoms with Gasteiger partial charge in [-0.05, 0) is 38.5 Å². The highest BCUT2D eigenvalue weighted by atomic mass is 32.2. The van der Waals surface area contributed by atoms with E-state index in [-0.39, 0.29) is 16.3 Å². The van der Waals surface area contributed by atoms with E-state index < -0.39 is 33.4 Å².